The van der Waals surface area contributed by atoms with Crippen LogP contribution in [0.1, 0.15) is 25.3 Å². The van der Waals surface area contributed by atoms with Gasteiger partial charge in [0.25, 0.3) is 0 Å². The number of carbonyl (C=O) groups excluding carboxylic acids is 1. The van der Waals surface area contributed by atoms with Crippen LogP contribution in [0.2, 0.25) is 0 Å². The molecule has 0 spiro atoms. The molecule has 0 saturated carbocycles. The summed E-state index contributed by atoms with van der Waals surface area (Å²) >= 11 is 0. The Balaban J connectivity index is 1.75. The van der Waals surface area contributed by atoms with E-state index in [4.69, 9.17) is 4.74 Å². The maximum atomic E-state index is 12.4. The van der Waals surface area contributed by atoms with Crippen molar-refractivity contribution in [2.45, 2.75) is 37.9 Å². The SMILES string of the molecule is COCC(=O)N(C[C@H]1N[C@H](CO)[C@H]1c1ccc(-c2ccccc2)cc1)C(C)C. The molecule has 5 heteroatoms. The molecule has 2 N–H and O–H groups in total. The molecule has 28 heavy (non-hydrogen) atoms. The summed E-state index contributed by atoms with van der Waals surface area (Å²) in [4.78, 5) is 14.2. The predicted octanol–water partition coefficient (Wildman–Crippen LogP) is 2.65. The van der Waals surface area contributed by atoms with Gasteiger partial charge in [0.15, 0.2) is 0 Å². The summed E-state index contributed by atoms with van der Waals surface area (Å²) in [6, 6.07) is 19.0. The van der Waals surface area contributed by atoms with Gasteiger partial charge in [0.05, 0.1) is 6.61 Å². The molecule has 1 amide bonds. The quantitative estimate of drug-likeness (QED) is 0.737. The number of nitrogens with zero attached hydrogens (tertiary/aromatic N) is 1. The smallest absolute Gasteiger partial charge is 0.248 e. The number of ether oxygens (including phenoxy) is 1. The Morgan fingerprint density at radius 2 is 1.71 bits per heavy atom. The Bertz CT molecular complexity index is 761. The Morgan fingerprint density at radius 1 is 1.07 bits per heavy atom. The van der Waals surface area contributed by atoms with E-state index in [2.05, 4.69) is 41.7 Å². The van der Waals surface area contributed by atoms with Gasteiger partial charge in [-0.2, -0.15) is 0 Å². The van der Waals surface area contributed by atoms with Crippen molar-refractivity contribution < 1.29 is 14.6 Å². The molecule has 2 aromatic rings. The van der Waals surface area contributed by atoms with E-state index in [1.165, 1.54) is 23.8 Å². The molecule has 2 aromatic carbocycles. The molecule has 0 aliphatic carbocycles. The van der Waals surface area contributed by atoms with E-state index in [0.717, 1.165) is 0 Å². The number of benzene rings is 2. The van der Waals surface area contributed by atoms with Crippen molar-refractivity contribution in [3.8, 4) is 11.1 Å². The van der Waals surface area contributed by atoms with Crippen LogP contribution >= 0.6 is 0 Å². The lowest BCUT2D eigenvalue weighted by Crippen LogP contribution is -2.65. The van der Waals surface area contributed by atoms with Crippen LogP contribution in [0.3, 0.4) is 0 Å². The zero-order valence-corrected chi connectivity index (χ0v) is 16.8. The molecule has 1 aliphatic heterocycles. The molecule has 3 atom stereocenters. The molecular weight excluding hydrogens is 352 g/mol. The first kappa shape index (κ1) is 20.5. The maximum absolute atomic E-state index is 12.4. The number of aliphatic hydroxyl groups excluding tert-OH is 1. The lowest BCUT2D eigenvalue weighted by molar-refractivity contribution is -0.138. The van der Waals surface area contributed by atoms with E-state index in [1.54, 1.807) is 0 Å². The number of carbonyl (C=O) groups is 1. The second kappa shape index (κ2) is 9.32. The lowest BCUT2D eigenvalue weighted by atomic mass is 9.77. The van der Waals surface area contributed by atoms with Gasteiger partial charge in [0.2, 0.25) is 5.91 Å². The van der Waals surface area contributed by atoms with Gasteiger partial charge < -0.3 is 20.1 Å². The molecular formula is C23H30N2O3. The molecule has 0 aromatic heterocycles. The Kier molecular flexibility index (Phi) is 6.83. The van der Waals surface area contributed by atoms with E-state index < -0.39 is 0 Å². The highest BCUT2D eigenvalue weighted by molar-refractivity contribution is 5.77. The fourth-order valence-corrected chi connectivity index (χ4v) is 3.99. The summed E-state index contributed by atoms with van der Waals surface area (Å²) < 4.78 is 5.03. The van der Waals surface area contributed by atoms with Crippen LogP contribution in [-0.4, -0.2) is 60.9 Å². The van der Waals surface area contributed by atoms with Gasteiger partial charge in [-0.3, -0.25) is 4.79 Å². The van der Waals surface area contributed by atoms with Crippen molar-refractivity contribution in [1.82, 2.24) is 10.2 Å². The number of amides is 1. The van der Waals surface area contributed by atoms with Crippen molar-refractivity contribution in [2.75, 3.05) is 26.9 Å². The molecule has 150 valence electrons. The van der Waals surface area contributed by atoms with Crippen LogP contribution in [-0.2, 0) is 9.53 Å². The summed E-state index contributed by atoms with van der Waals surface area (Å²) in [5.41, 5.74) is 3.55. The predicted molar refractivity (Wildman–Crippen MR) is 111 cm³/mol. The Labute approximate surface area is 167 Å². The first-order valence-corrected chi connectivity index (χ1v) is 9.85. The molecule has 1 saturated heterocycles. The topological polar surface area (TPSA) is 61.8 Å². The van der Waals surface area contributed by atoms with E-state index in [1.807, 2.05) is 36.9 Å². The minimum atomic E-state index is -0.00933. The first-order valence-electron chi connectivity index (χ1n) is 9.85. The van der Waals surface area contributed by atoms with Gasteiger partial charge in [0.1, 0.15) is 6.61 Å². The molecule has 1 fully saturated rings. The van der Waals surface area contributed by atoms with Crippen LogP contribution in [0.25, 0.3) is 11.1 Å². The van der Waals surface area contributed by atoms with Crippen LogP contribution in [0.4, 0.5) is 0 Å². The average molecular weight is 383 g/mol. The minimum absolute atomic E-state index is 0.00933. The third kappa shape index (κ3) is 4.43. The molecule has 1 heterocycles. The van der Waals surface area contributed by atoms with Crippen LogP contribution in [0.15, 0.2) is 54.6 Å². The third-order valence-electron chi connectivity index (χ3n) is 5.50. The molecule has 0 unspecified atom stereocenters. The summed E-state index contributed by atoms with van der Waals surface area (Å²) in [5, 5.41) is 13.2. The fourth-order valence-electron chi connectivity index (χ4n) is 3.99. The van der Waals surface area contributed by atoms with Gasteiger partial charge in [-0.1, -0.05) is 54.6 Å². The molecule has 3 rings (SSSR count). The largest absolute Gasteiger partial charge is 0.395 e. The number of aliphatic hydroxyl groups is 1. The summed E-state index contributed by atoms with van der Waals surface area (Å²) in [5.74, 6) is 0.163. The summed E-state index contributed by atoms with van der Waals surface area (Å²) in [6.45, 7) is 4.79. The van der Waals surface area contributed by atoms with E-state index in [0.29, 0.717) is 6.54 Å². The maximum Gasteiger partial charge on any atom is 0.248 e. The number of hydrogen-bond acceptors (Lipinski definition) is 4. The minimum Gasteiger partial charge on any atom is -0.395 e. The highest BCUT2D eigenvalue weighted by Gasteiger charge is 2.42. The lowest BCUT2D eigenvalue weighted by Gasteiger charge is -2.48. The zero-order chi connectivity index (χ0) is 20.1. The van der Waals surface area contributed by atoms with Gasteiger partial charge in [-0.25, -0.2) is 0 Å². The number of rotatable bonds is 8. The average Bonchev–Trinajstić information content (AvgIpc) is 2.68. The monoisotopic (exact) mass is 382 g/mol. The van der Waals surface area contributed by atoms with E-state index in [-0.39, 0.29) is 43.2 Å². The van der Waals surface area contributed by atoms with Crippen LogP contribution in [0, 0.1) is 0 Å². The second-order valence-electron chi connectivity index (χ2n) is 7.65. The van der Waals surface area contributed by atoms with Crippen LogP contribution in [0.5, 0.6) is 0 Å². The third-order valence-corrected chi connectivity index (χ3v) is 5.50. The van der Waals surface area contributed by atoms with Crippen molar-refractivity contribution in [2.24, 2.45) is 0 Å². The number of nitrogens with one attached hydrogen (secondary N) is 1. The number of methoxy groups -OCH3 is 1. The highest BCUT2D eigenvalue weighted by Crippen LogP contribution is 2.34. The molecule has 0 bridgehead atoms. The highest BCUT2D eigenvalue weighted by atomic mass is 16.5. The Morgan fingerprint density at radius 3 is 2.29 bits per heavy atom. The van der Waals surface area contributed by atoms with Gasteiger partial charge in [-0.15, -0.1) is 0 Å². The molecule has 1 aliphatic rings. The standard InChI is InChI=1S/C23H30N2O3/c1-16(2)25(22(27)15-28-3)13-20-23(21(14-26)24-20)19-11-9-18(10-12-19)17-7-5-4-6-8-17/h4-12,16,20-21,23-24,26H,13-15H2,1-3H3/t20-,21-,23+/m1/s1. The normalized spacial score (nSPS) is 21.4. The van der Waals surface area contributed by atoms with Gasteiger partial charge in [0, 0.05) is 37.7 Å². The van der Waals surface area contributed by atoms with Crippen molar-refractivity contribution >= 4 is 5.91 Å². The van der Waals surface area contributed by atoms with Crippen molar-refractivity contribution in [1.29, 1.82) is 0 Å². The summed E-state index contributed by atoms with van der Waals surface area (Å²) in [7, 11) is 1.54. The first-order chi connectivity index (χ1) is 13.5. The van der Waals surface area contributed by atoms with Crippen molar-refractivity contribution in [3.63, 3.8) is 0 Å². The van der Waals surface area contributed by atoms with Crippen LogP contribution < -0.4 is 5.32 Å². The van der Waals surface area contributed by atoms with Gasteiger partial charge >= 0.3 is 0 Å². The van der Waals surface area contributed by atoms with Gasteiger partial charge in [-0.05, 0) is 30.5 Å². The zero-order valence-electron chi connectivity index (χ0n) is 16.8. The molecule has 5 nitrogen and oxygen atoms in total. The summed E-state index contributed by atoms with van der Waals surface area (Å²) in [6.07, 6.45) is 0. The fraction of sp³-hybridized carbons (Fsp3) is 0.435. The second-order valence-corrected chi connectivity index (χ2v) is 7.65. The van der Waals surface area contributed by atoms with E-state index in [9.17, 15) is 9.90 Å². The van der Waals surface area contributed by atoms with E-state index >= 15 is 0 Å². The van der Waals surface area contributed by atoms with Crippen molar-refractivity contribution in [3.05, 3.63) is 60.2 Å². The number of hydrogen-bond donors (Lipinski definition) is 2. The Hall–Kier alpha value is -2.21. The molecule has 0 radical (unpaired) electrons.